The highest BCUT2D eigenvalue weighted by molar-refractivity contribution is 6.20. The van der Waals surface area contributed by atoms with Crippen LogP contribution in [0.5, 0.6) is 0 Å². The third-order valence-corrected chi connectivity index (χ3v) is 6.91. The number of hydrogen-bond acceptors (Lipinski definition) is 1. The Labute approximate surface area is 173 Å². The normalized spacial score (nSPS) is 51.0. The Morgan fingerprint density at radius 1 is 0.633 bits per heavy atom. The average molecular weight is 475 g/mol. The van der Waals surface area contributed by atoms with Crippen molar-refractivity contribution in [3.05, 3.63) is 0 Å². The Kier molecular flexibility index (Phi) is 7.47. The fourth-order valence-corrected chi connectivity index (χ4v) is 5.47. The summed E-state index contributed by atoms with van der Waals surface area (Å²) in [6.07, 6.45) is -25.3. The lowest BCUT2D eigenvalue weighted by Gasteiger charge is -2.44. The van der Waals surface area contributed by atoms with Crippen molar-refractivity contribution >= 4 is 11.6 Å². The standard InChI is InChI=1S/C19H24ClF9O/c20-8-3-10(21)16(11(22)4-8)7-1-12(23)17(13(24)2-7)19(28,29)30-9-5-14(25)18(27)15(26)6-9/h7-18H,1-6H2. The molecule has 3 fully saturated rings. The zero-order chi connectivity index (χ0) is 22.4. The highest BCUT2D eigenvalue weighted by Crippen LogP contribution is 2.49. The maximum atomic E-state index is 14.6. The van der Waals surface area contributed by atoms with Gasteiger partial charge in [-0.15, -0.1) is 11.6 Å². The van der Waals surface area contributed by atoms with E-state index in [9.17, 15) is 39.5 Å². The Bertz CT molecular complexity index is 548. The molecule has 3 rings (SSSR count). The molecule has 3 aliphatic rings. The zero-order valence-corrected chi connectivity index (χ0v) is 16.6. The summed E-state index contributed by atoms with van der Waals surface area (Å²) < 4.78 is 131. The largest absolute Gasteiger partial charge is 0.364 e. The highest BCUT2D eigenvalue weighted by Gasteiger charge is 2.58. The molecule has 0 aliphatic heterocycles. The molecule has 6 unspecified atom stereocenters. The maximum absolute atomic E-state index is 14.6. The summed E-state index contributed by atoms with van der Waals surface area (Å²) in [5.74, 6) is -5.07. The van der Waals surface area contributed by atoms with Gasteiger partial charge in [0.05, 0.1) is 6.10 Å². The van der Waals surface area contributed by atoms with Gasteiger partial charge in [0.1, 0.15) is 42.9 Å². The first-order chi connectivity index (χ1) is 13.9. The van der Waals surface area contributed by atoms with Gasteiger partial charge in [0.2, 0.25) is 0 Å². The lowest BCUT2D eigenvalue weighted by Crippen LogP contribution is -2.53. The summed E-state index contributed by atoms with van der Waals surface area (Å²) in [6, 6.07) is 0. The van der Waals surface area contributed by atoms with Crippen molar-refractivity contribution in [2.24, 2.45) is 17.8 Å². The first-order valence-electron chi connectivity index (χ1n) is 10.1. The van der Waals surface area contributed by atoms with Gasteiger partial charge in [-0.05, 0) is 31.6 Å². The van der Waals surface area contributed by atoms with Gasteiger partial charge < -0.3 is 4.74 Å². The van der Waals surface area contributed by atoms with Crippen molar-refractivity contribution in [3.63, 3.8) is 0 Å². The molecular weight excluding hydrogens is 451 g/mol. The number of rotatable bonds is 4. The molecule has 0 heterocycles. The predicted molar refractivity (Wildman–Crippen MR) is 91.9 cm³/mol. The molecule has 0 N–H and O–H groups in total. The Morgan fingerprint density at radius 2 is 1.10 bits per heavy atom. The first kappa shape index (κ1) is 24.3. The quantitative estimate of drug-likeness (QED) is 0.350. The predicted octanol–water partition coefficient (Wildman–Crippen LogP) is 6.17. The van der Waals surface area contributed by atoms with Gasteiger partial charge in [-0.25, -0.2) is 30.7 Å². The summed E-state index contributed by atoms with van der Waals surface area (Å²) in [6.45, 7) is 0. The third kappa shape index (κ3) is 4.99. The Hall–Kier alpha value is -0.380. The second-order valence-electron chi connectivity index (χ2n) is 8.72. The van der Waals surface area contributed by atoms with Crippen molar-refractivity contribution in [2.45, 2.75) is 99.3 Å². The number of alkyl halides is 10. The number of halogens is 10. The van der Waals surface area contributed by atoms with Gasteiger partial charge in [0, 0.05) is 24.1 Å². The van der Waals surface area contributed by atoms with Crippen LogP contribution in [0.4, 0.5) is 39.5 Å². The van der Waals surface area contributed by atoms with E-state index in [1.165, 1.54) is 0 Å². The molecule has 3 aliphatic carbocycles. The molecule has 0 amide bonds. The van der Waals surface area contributed by atoms with E-state index in [1.807, 2.05) is 0 Å². The maximum Gasteiger partial charge on any atom is 0.364 e. The van der Waals surface area contributed by atoms with E-state index >= 15 is 0 Å². The SMILES string of the molecule is FC1CC(OC(F)(F)C2C(F)CC(C3C(F)CC(Cl)CC3F)CC2F)CC(F)C1F. The van der Waals surface area contributed by atoms with E-state index in [2.05, 4.69) is 4.74 Å². The van der Waals surface area contributed by atoms with Crippen LogP contribution < -0.4 is 0 Å². The lowest BCUT2D eigenvalue weighted by molar-refractivity contribution is -0.323. The van der Waals surface area contributed by atoms with E-state index in [0.717, 1.165) is 0 Å². The van der Waals surface area contributed by atoms with Crippen LogP contribution in [0.1, 0.15) is 38.5 Å². The lowest BCUT2D eigenvalue weighted by atomic mass is 9.68. The summed E-state index contributed by atoms with van der Waals surface area (Å²) in [7, 11) is 0. The minimum atomic E-state index is -4.42. The number of ether oxygens (including phenoxy) is 1. The third-order valence-electron chi connectivity index (χ3n) is 6.56. The minimum Gasteiger partial charge on any atom is -0.317 e. The summed E-state index contributed by atoms with van der Waals surface area (Å²) >= 11 is 5.75. The van der Waals surface area contributed by atoms with Crippen LogP contribution in [0.3, 0.4) is 0 Å². The second kappa shape index (κ2) is 9.24. The summed E-state index contributed by atoms with van der Waals surface area (Å²) in [4.78, 5) is 0. The van der Waals surface area contributed by atoms with Crippen LogP contribution in [-0.4, -0.2) is 60.8 Å². The van der Waals surface area contributed by atoms with Gasteiger partial charge in [0.15, 0.2) is 6.17 Å². The number of hydrogen-bond donors (Lipinski definition) is 0. The Balaban J connectivity index is 1.66. The van der Waals surface area contributed by atoms with E-state index in [4.69, 9.17) is 11.6 Å². The average Bonchev–Trinajstić information content (AvgIpc) is 2.57. The van der Waals surface area contributed by atoms with Gasteiger partial charge in [-0.3, -0.25) is 0 Å². The molecule has 0 radical (unpaired) electrons. The van der Waals surface area contributed by atoms with Gasteiger partial charge in [-0.1, -0.05) is 0 Å². The molecule has 3 saturated carbocycles. The molecule has 0 aromatic heterocycles. The molecular formula is C19H24ClF9O. The fourth-order valence-electron chi connectivity index (χ4n) is 5.13. The zero-order valence-electron chi connectivity index (χ0n) is 15.9. The molecule has 0 saturated heterocycles. The molecule has 1 nitrogen and oxygen atoms in total. The summed E-state index contributed by atoms with van der Waals surface area (Å²) in [5.41, 5.74) is 0. The van der Waals surface area contributed by atoms with Crippen LogP contribution in [0, 0.1) is 17.8 Å². The molecule has 0 bridgehead atoms. The molecule has 6 atom stereocenters. The van der Waals surface area contributed by atoms with Crippen molar-refractivity contribution in [3.8, 4) is 0 Å². The van der Waals surface area contributed by atoms with Crippen LogP contribution in [0.15, 0.2) is 0 Å². The first-order valence-corrected chi connectivity index (χ1v) is 10.5. The second-order valence-corrected chi connectivity index (χ2v) is 9.33. The topological polar surface area (TPSA) is 9.23 Å². The van der Waals surface area contributed by atoms with Gasteiger partial charge in [-0.2, -0.15) is 8.78 Å². The molecule has 11 heteroatoms. The monoisotopic (exact) mass is 474 g/mol. The molecule has 176 valence electrons. The smallest absolute Gasteiger partial charge is 0.317 e. The summed E-state index contributed by atoms with van der Waals surface area (Å²) in [5, 5.41) is -0.749. The van der Waals surface area contributed by atoms with Crippen LogP contribution in [0.25, 0.3) is 0 Å². The van der Waals surface area contributed by atoms with Crippen molar-refractivity contribution < 1.29 is 44.3 Å². The molecule has 30 heavy (non-hydrogen) atoms. The highest BCUT2D eigenvalue weighted by atomic mass is 35.5. The van der Waals surface area contributed by atoms with Crippen molar-refractivity contribution in [2.75, 3.05) is 0 Å². The van der Waals surface area contributed by atoms with E-state index < -0.39 is 104 Å². The van der Waals surface area contributed by atoms with E-state index in [0.29, 0.717) is 0 Å². The minimum absolute atomic E-state index is 0.189. The van der Waals surface area contributed by atoms with E-state index in [1.54, 1.807) is 0 Å². The van der Waals surface area contributed by atoms with E-state index in [-0.39, 0.29) is 12.8 Å². The van der Waals surface area contributed by atoms with Crippen molar-refractivity contribution in [1.82, 2.24) is 0 Å². The molecule has 0 aromatic carbocycles. The van der Waals surface area contributed by atoms with Crippen molar-refractivity contribution in [1.29, 1.82) is 0 Å². The van der Waals surface area contributed by atoms with Gasteiger partial charge in [0.25, 0.3) is 0 Å². The molecule has 0 spiro atoms. The van der Waals surface area contributed by atoms with Crippen LogP contribution in [-0.2, 0) is 4.74 Å². The van der Waals surface area contributed by atoms with Gasteiger partial charge >= 0.3 is 6.11 Å². The van der Waals surface area contributed by atoms with Crippen LogP contribution >= 0.6 is 11.6 Å². The fraction of sp³-hybridized carbons (Fsp3) is 1.00. The molecule has 0 aromatic rings. The Morgan fingerprint density at radius 3 is 1.57 bits per heavy atom. The van der Waals surface area contributed by atoms with Crippen LogP contribution in [0.2, 0.25) is 0 Å².